The molecule has 1 aliphatic heterocycles. The number of carbonyl (C=O) groups excluding carboxylic acids is 1. The predicted octanol–water partition coefficient (Wildman–Crippen LogP) is 1.50. The monoisotopic (exact) mass is 262 g/mol. The largest absolute Gasteiger partial charge is 0.465 e. The van der Waals surface area contributed by atoms with Gasteiger partial charge in [-0.05, 0) is 19.4 Å². The van der Waals surface area contributed by atoms with Crippen LogP contribution in [0.3, 0.4) is 0 Å². The highest BCUT2D eigenvalue weighted by Gasteiger charge is 2.29. The molecular weight excluding hydrogens is 240 g/mol. The topological polar surface area (TPSA) is 41.6 Å². The minimum atomic E-state index is -0.275. The normalized spacial score (nSPS) is 18.0. The van der Waals surface area contributed by atoms with Gasteiger partial charge in [-0.25, -0.2) is 4.79 Å². The Morgan fingerprint density at radius 1 is 1.32 bits per heavy atom. The molecule has 0 radical (unpaired) electrons. The Hall–Kier alpha value is -1.39. The molecule has 1 N–H and O–H groups in total. The quantitative estimate of drug-likeness (QED) is 0.835. The Bertz CT molecular complexity index is 411. The Morgan fingerprint density at radius 2 is 1.95 bits per heavy atom. The van der Waals surface area contributed by atoms with Crippen LogP contribution in [0.2, 0.25) is 0 Å². The molecule has 1 aromatic carbocycles. The number of carbonyl (C=O) groups is 1. The number of piperazine rings is 1. The fourth-order valence-corrected chi connectivity index (χ4v) is 2.41. The number of hydrogen-bond acceptors (Lipinski definition) is 4. The summed E-state index contributed by atoms with van der Waals surface area (Å²) in [6, 6.07) is 7.87. The molecule has 0 saturated carbocycles. The van der Waals surface area contributed by atoms with Gasteiger partial charge >= 0.3 is 5.97 Å². The number of aryl methyl sites for hydroxylation is 1. The van der Waals surface area contributed by atoms with Gasteiger partial charge in [-0.15, -0.1) is 0 Å². The van der Waals surface area contributed by atoms with Crippen LogP contribution in [0.1, 0.15) is 24.1 Å². The highest BCUT2D eigenvalue weighted by atomic mass is 16.5. The minimum Gasteiger partial charge on any atom is -0.465 e. The van der Waals surface area contributed by atoms with Gasteiger partial charge in [-0.2, -0.15) is 0 Å². The van der Waals surface area contributed by atoms with E-state index in [2.05, 4.69) is 10.2 Å². The highest BCUT2D eigenvalue weighted by molar-refractivity contribution is 5.77. The maximum absolute atomic E-state index is 12.2. The van der Waals surface area contributed by atoms with E-state index in [1.807, 2.05) is 38.1 Å². The Labute approximate surface area is 114 Å². The lowest BCUT2D eigenvalue weighted by atomic mass is 10.0. The molecule has 0 spiro atoms. The van der Waals surface area contributed by atoms with Crippen LogP contribution in [0.25, 0.3) is 0 Å². The van der Waals surface area contributed by atoms with E-state index in [0.717, 1.165) is 31.7 Å². The fraction of sp³-hybridized carbons (Fsp3) is 0.533. The third-order valence-electron chi connectivity index (χ3n) is 3.42. The maximum Gasteiger partial charge on any atom is 0.328 e. The van der Waals surface area contributed by atoms with Crippen molar-refractivity contribution in [2.75, 3.05) is 32.8 Å². The lowest BCUT2D eigenvalue weighted by Gasteiger charge is -2.33. The van der Waals surface area contributed by atoms with Crippen LogP contribution in [0, 0.1) is 6.92 Å². The van der Waals surface area contributed by atoms with E-state index in [4.69, 9.17) is 4.74 Å². The summed E-state index contributed by atoms with van der Waals surface area (Å²) in [4.78, 5) is 14.4. The number of nitrogens with one attached hydrogen (secondary N) is 1. The maximum atomic E-state index is 12.2. The van der Waals surface area contributed by atoms with Crippen molar-refractivity contribution in [3.8, 4) is 0 Å². The van der Waals surface area contributed by atoms with Crippen LogP contribution in [0.15, 0.2) is 24.3 Å². The van der Waals surface area contributed by atoms with Crippen molar-refractivity contribution in [1.82, 2.24) is 10.2 Å². The third kappa shape index (κ3) is 3.55. The summed E-state index contributed by atoms with van der Waals surface area (Å²) in [6.45, 7) is 7.90. The van der Waals surface area contributed by atoms with Crippen molar-refractivity contribution < 1.29 is 9.53 Å². The Kier molecular flexibility index (Phi) is 4.93. The zero-order valence-electron chi connectivity index (χ0n) is 11.7. The number of ether oxygens (including phenoxy) is 1. The first-order chi connectivity index (χ1) is 9.22. The SMILES string of the molecule is CCOC(=O)C(c1ccc(C)cc1)N1CCNCC1. The van der Waals surface area contributed by atoms with Crippen LogP contribution >= 0.6 is 0 Å². The molecule has 1 fully saturated rings. The lowest BCUT2D eigenvalue weighted by molar-refractivity contribution is -0.150. The first-order valence-corrected chi connectivity index (χ1v) is 6.90. The molecule has 0 amide bonds. The Balaban J connectivity index is 2.22. The standard InChI is InChI=1S/C15H22N2O2/c1-3-19-15(18)14(17-10-8-16-9-11-17)13-6-4-12(2)5-7-13/h4-7,14,16H,3,8-11H2,1-2H3. The van der Waals surface area contributed by atoms with Crippen molar-refractivity contribution >= 4 is 5.97 Å². The molecule has 1 heterocycles. The second kappa shape index (κ2) is 6.68. The molecule has 0 aromatic heterocycles. The molecule has 1 saturated heterocycles. The summed E-state index contributed by atoms with van der Waals surface area (Å²) in [5, 5.41) is 3.31. The molecule has 2 rings (SSSR count). The number of nitrogens with zero attached hydrogens (tertiary/aromatic N) is 1. The summed E-state index contributed by atoms with van der Waals surface area (Å²) in [6.07, 6.45) is 0. The van der Waals surface area contributed by atoms with Gasteiger partial charge in [0.25, 0.3) is 0 Å². The molecule has 1 atom stereocenters. The first-order valence-electron chi connectivity index (χ1n) is 6.90. The van der Waals surface area contributed by atoms with Gasteiger partial charge in [0.15, 0.2) is 0 Å². The van der Waals surface area contributed by atoms with Crippen molar-refractivity contribution in [3.05, 3.63) is 35.4 Å². The van der Waals surface area contributed by atoms with Crippen molar-refractivity contribution in [3.63, 3.8) is 0 Å². The van der Waals surface area contributed by atoms with E-state index in [9.17, 15) is 4.79 Å². The summed E-state index contributed by atoms with van der Waals surface area (Å²) in [7, 11) is 0. The third-order valence-corrected chi connectivity index (χ3v) is 3.42. The van der Waals surface area contributed by atoms with Crippen LogP contribution in [-0.4, -0.2) is 43.7 Å². The zero-order valence-corrected chi connectivity index (χ0v) is 11.7. The van der Waals surface area contributed by atoms with Gasteiger partial charge in [-0.3, -0.25) is 4.90 Å². The molecule has 0 aliphatic carbocycles. The van der Waals surface area contributed by atoms with E-state index in [-0.39, 0.29) is 12.0 Å². The number of rotatable bonds is 4. The molecule has 1 unspecified atom stereocenters. The Morgan fingerprint density at radius 3 is 2.53 bits per heavy atom. The van der Waals surface area contributed by atoms with E-state index >= 15 is 0 Å². The number of hydrogen-bond donors (Lipinski definition) is 1. The van der Waals surface area contributed by atoms with E-state index < -0.39 is 0 Å². The van der Waals surface area contributed by atoms with Gasteiger partial charge in [0.1, 0.15) is 6.04 Å². The van der Waals surface area contributed by atoms with Gasteiger partial charge < -0.3 is 10.1 Å². The van der Waals surface area contributed by atoms with Gasteiger partial charge in [0, 0.05) is 26.2 Å². The molecule has 104 valence electrons. The summed E-state index contributed by atoms with van der Waals surface area (Å²) >= 11 is 0. The second-order valence-electron chi connectivity index (χ2n) is 4.85. The van der Waals surface area contributed by atoms with E-state index in [1.54, 1.807) is 0 Å². The summed E-state index contributed by atoms with van der Waals surface area (Å²) < 4.78 is 5.24. The van der Waals surface area contributed by atoms with E-state index in [1.165, 1.54) is 5.56 Å². The van der Waals surface area contributed by atoms with Gasteiger partial charge in [-0.1, -0.05) is 29.8 Å². The van der Waals surface area contributed by atoms with E-state index in [0.29, 0.717) is 6.61 Å². The first kappa shape index (κ1) is 14.0. The highest BCUT2D eigenvalue weighted by Crippen LogP contribution is 2.23. The molecule has 1 aromatic rings. The second-order valence-corrected chi connectivity index (χ2v) is 4.85. The van der Waals surface area contributed by atoms with Crippen LogP contribution in [0.5, 0.6) is 0 Å². The average molecular weight is 262 g/mol. The van der Waals surface area contributed by atoms with Crippen molar-refractivity contribution in [1.29, 1.82) is 0 Å². The number of benzene rings is 1. The van der Waals surface area contributed by atoms with Crippen molar-refractivity contribution in [2.24, 2.45) is 0 Å². The molecule has 4 heteroatoms. The smallest absolute Gasteiger partial charge is 0.328 e. The van der Waals surface area contributed by atoms with Crippen molar-refractivity contribution in [2.45, 2.75) is 19.9 Å². The molecule has 0 bridgehead atoms. The van der Waals surface area contributed by atoms with Crippen LogP contribution in [-0.2, 0) is 9.53 Å². The molecule has 4 nitrogen and oxygen atoms in total. The van der Waals surface area contributed by atoms with Crippen LogP contribution in [0.4, 0.5) is 0 Å². The molecule has 1 aliphatic rings. The number of esters is 1. The summed E-state index contributed by atoms with van der Waals surface area (Å²) in [5.41, 5.74) is 2.22. The van der Waals surface area contributed by atoms with Gasteiger partial charge in [0.2, 0.25) is 0 Å². The lowest BCUT2D eigenvalue weighted by Crippen LogP contribution is -2.47. The fourth-order valence-electron chi connectivity index (χ4n) is 2.41. The predicted molar refractivity (Wildman–Crippen MR) is 75.0 cm³/mol. The van der Waals surface area contributed by atoms with Gasteiger partial charge in [0.05, 0.1) is 6.61 Å². The minimum absolute atomic E-state index is 0.145. The molecular formula is C15H22N2O2. The molecule has 19 heavy (non-hydrogen) atoms. The van der Waals surface area contributed by atoms with Crippen LogP contribution < -0.4 is 5.32 Å². The zero-order chi connectivity index (χ0) is 13.7. The average Bonchev–Trinajstić information content (AvgIpc) is 2.43. The summed E-state index contributed by atoms with van der Waals surface area (Å²) in [5.74, 6) is -0.145.